The molecular weight excluding hydrogens is 683 g/mol. The van der Waals surface area contributed by atoms with E-state index in [0.717, 1.165) is 44.2 Å². The van der Waals surface area contributed by atoms with E-state index >= 15 is 0 Å². The van der Waals surface area contributed by atoms with Gasteiger partial charge in [-0.25, -0.2) is 4.98 Å². The van der Waals surface area contributed by atoms with E-state index in [1.807, 2.05) is 60.7 Å². The summed E-state index contributed by atoms with van der Waals surface area (Å²) in [6.07, 6.45) is 0. The number of fused-ring (bicyclic) bond motifs is 6. The van der Waals surface area contributed by atoms with E-state index in [9.17, 15) is 0 Å². The fourth-order valence-electron chi connectivity index (χ4n) is 8.24. The molecule has 3 aromatic heterocycles. The van der Waals surface area contributed by atoms with E-state index in [-0.39, 0.29) is 0 Å². The molecular formula is C51H33N5. The van der Waals surface area contributed by atoms with Crippen LogP contribution < -0.4 is 0 Å². The largest absolute Gasteiger partial charge is 0.309 e. The first-order valence-corrected chi connectivity index (χ1v) is 18.9. The summed E-state index contributed by atoms with van der Waals surface area (Å²) in [5.41, 5.74) is 12.2. The number of hydrogen-bond donors (Lipinski definition) is 0. The molecule has 5 nitrogen and oxygen atoms in total. The quantitative estimate of drug-likeness (QED) is 0.172. The SMILES string of the molecule is c1ccc(-c2nc(-c3ccccc3)nc(-n3c4ccccc4c4cc(-c5ccccc5-c5ccc6c(c5)c5ccccc5n6-c5ccccc5)ccc43)n2)cc1. The fraction of sp³-hybridized carbons (Fsp3) is 0. The first-order valence-electron chi connectivity index (χ1n) is 18.9. The molecule has 0 spiro atoms. The van der Waals surface area contributed by atoms with E-state index in [4.69, 9.17) is 15.0 Å². The maximum atomic E-state index is 5.11. The molecule has 0 N–H and O–H groups in total. The smallest absolute Gasteiger partial charge is 0.238 e. The van der Waals surface area contributed by atoms with Crippen molar-refractivity contribution < 1.29 is 0 Å². The summed E-state index contributed by atoms with van der Waals surface area (Å²) in [4.78, 5) is 15.2. The summed E-state index contributed by atoms with van der Waals surface area (Å²) in [6, 6.07) is 70.5. The topological polar surface area (TPSA) is 48.5 Å². The number of rotatable bonds is 6. The van der Waals surface area contributed by atoms with Gasteiger partial charge in [0.15, 0.2) is 11.6 Å². The van der Waals surface area contributed by atoms with Crippen LogP contribution >= 0.6 is 0 Å². The minimum absolute atomic E-state index is 0.583. The summed E-state index contributed by atoms with van der Waals surface area (Å²) in [5.74, 6) is 1.85. The molecule has 262 valence electrons. The summed E-state index contributed by atoms with van der Waals surface area (Å²) in [7, 11) is 0. The van der Waals surface area contributed by atoms with Crippen molar-refractivity contribution in [3.8, 4) is 56.7 Å². The van der Waals surface area contributed by atoms with Crippen LogP contribution in [0.3, 0.4) is 0 Å². The van der Waals surface area contributed by atoms with Crippen LogP contribution in [0, 0.1) is 0 Å². The van der Waals surface area contributed by atoms with Gasteiger partial charge in [0, 0.05) is 38.4 Å². The maximum absolute atomic E-state index is 5.11. The van der Waals surface area contributed by atoms with Crippen molar-refractivity contribution >= 4 is 43.6 Å². The van der Waals surface area contributed by atoms with Crippen molar-refractivity contribution in [3.05, 3.63) is 200 Å². The lowest BCUT2D eigenvalue weighted by Crippen LogP contribution is -2.06. The predicted octanol–water partition coefficient (Wildman–Crippen LogP) is 12.7. The lowest BCUT2D eigenvalue weighted by molar-refractivity contribution is 0.953. The Morgan fingerprint density at radius 1 is 0.286 bits per heavy atom. The molecule has 0 amide bonds. The van der Waals surface area contributed by atoms with Crippen molar-refractivity contribution in [2.45, 2.75) is 0 Å². The Hall–Kier alpha value is -7.63. The molecule has 0 fully saturated rings. The molecule has 0 saturated carbocycles. The highest BCUT2D eigenvalue weighted by Crippen LogP contribution is 2.40. The van der Waals surface area contributed by atoms with E-state index in [0.29, 0.717) is 17.6 Å². The molecule has 0 aliphatic rings. The molecule has 0 unspecified atom stereocenters. The van der Waals surface area contributed by atoms with Crippen LogP contribution in [0.1, 0.15) is 0 Å². The third-order valence-electron chi connectivity index (χ3n) is 10.8. The molecule has 5 heteroatoms. The van der Waals surface area contributed by atoms with Crippen LogP contribution in [0.25, 0.3) is 100 Å². The third kappa shape index (κ3) is 5.21. The second-order valence-corrected chi connectivity index (χ2v) is 14.1. The second kappa shape index (κ2) is 13.0. The lowest BCUT2D eigenvalue weighted by atomic mass is 9.93. The molecule has 0 radical (unpaired) electrons. The minimum Gasteiger partial charge on any atom is -0.309 e. The zero-order valence-electron chi connectivity index (χ0n) is 30.3. The molecule has 0 aliphatic heterocycles. The van der Waals surface area contributed by atoms with Gasteiger partial charge < -0.3 is 4.57 Å². The molecule has 0 atom stereocenters. The monoisotopic (exact) mass is 715 g/mol. The molecule has 11 aromatic rings. The van der Waals surface area contributed by atoms with Crippen LogP contribution in [0.5, 0.6) is 0 Å². The van der Waals surface area contributed by atoms with E-state index < -0.39 is 0 Å². The summed E-state index contributed by atoms with van der Waals surface area (Å²) in [5, 5.41) is 4.75. The molecule has 11 rings (SSSR count). The Morgan fingerprint density at radius 2 is 0.696 bits per heavy atom. The van der Waals surface area contributed by atoms with Gasteiger partial charge in [-0.2, -0.15) is 9.97 Å². The predicted molar refractivity (Wildman–Crippen MR) is 230 cm³/mol. The van der Waals surface area contributed by atoms with Crippen molar-refractivity contribution in [3.63, 3.8) is 0 Å². The lowest BCUT2D eigenvalue weighted by Gasteiger charge is -2.13. The normalized spacial score (nSPS) is 11.6. The van der Waals surface area contributed by atoms with Crippen molar-refractivity contribution in [1.82, 2.24) is 24.1 Å². The average Bonchev–Trinajstić information content (AvgIpc) is 3.79. The van der Waals surface area contributed by atoms with Gasteiger partial charge in [0.05, 0.1) is 22.1 Å². The number of nitrogens with zero attached hydrogens (tertiary/aromatic N) is 5. The van der Waals surface area contributed by atoms with Crippen molar-refractivity contribution in [2.75, 3.05) is 0 Å². The van der Waals surface area contributed by atoms with Crippen LogP contribution in [-0.4, -0.2) is 24.1 Å². The van der Waals surface area contributed by atoms with E-state index in [2.05, 4.69) is 149 Å². The summed E-state index contributed by atoms with van der Waals surface area (Å²) < 4.78 is 4.54. The number of hydrogen-bond acceptors (Lipinski definition) is 3. The van der Waals surface area contributed by atoms with Gasteiger partial charge >= 0.3 is 0 Å². The summed E-state index contributed by atoms with van der Waals surface area (Å²) >= 11 is 0. The van der Waals surface area contributed by atoms with E-state index in [1.54, 1.807) is 0 Å². The Kier molecular flexibility index (Phi) is 7.42. The highest BCUT2D eigenvalue weighted by Gasteiger charge is 2.20. The van der Waals surface area contributed by atoms with Crippen LogP contribution in [0.4, 0.5) is 0 Å². The van der Waals surface area contributed by atoms with Crippen molar-refractivity contribution in [2.24, 2.45) is 0 Å². The molecule has 56 heavy (non-hydrogen) atoms. The van der Waals surface area contributed by atoms with Gasteiger partial charge in [-0.15, -0.1) is 0 Å². The van der Waals surface area contributed by atoms with Gasteiger partial charge in [-0.05, 0) is 70.8 Å². The Morgan fingerprint density at radius 3 is 1.23 bits per heavy atom. The molecule has 0 aliphatic carbocycles. The van der Waals surface area contributed by atoms with Gasteiger partial charge in [-0.3, -0.25) is 4.57 Å². The van der Waals surface area contributed by atoms with Gasteiger partial charge in [-0.1, -0.05) is 152 Å². The zero-order chi connectivity index (χ0) is 37.0. The Labute approximate surface area is 323 Å². The van der Waals surface area contributed by atoms with Gasteiger partial charge in [0.1, 0.15) is 0 Å². The Balaban J connectivity index is 1.08. The average molecular weight is 716 g/mol. The molecule has 0 bridgehead atoms. The van der Waals surface area contributed by atoms with Crippen LogP contribution in [-0.2, 0) is 0 Å². The van der Waals surface area contributed by atoms with Crippen LogP contribution in [0.2, 0.25) is 0 Å². The van der Waals surface area contributed by atoms with Crippen molar-refractivity contribution in [1.29, 1.82) is 0 Å². The minimum atomic E-state index is 0.583. The number of para-hydroxylation sites is 3. The first kappa shape index (κ1) is 31.9. The number of benzene rings is 8. The molecule has 8 aromatic carbocycles. The van der Waals surface area contributed by atoms with E-state index in [1.165, 1.54) is 38.5 Å². The maximum Gasteiger partial charge on any atom is 0.238 e. The Bertz CT molecular complexity index is 3180. The second-order valence-electron chi connectivity index (χ2n) is 14.1. The third-order valence-corrected chi connectivity index (χ3v) is 10.8. The fourth-order valence-corrected chi connectivity index (χ4v) is 8.24. The first-order chi connectivity index (χ1) is 27.8. The van der Waals surface area contributed by atoms with Gasteiger partial charge in [0.25, 0.3) is 0 Å². The van der Waals surface area contributed by atoms with Crippen LogP contribution in [0.15, 0.2) is 200 Å². The standard InChI is InChI=1S/C51H33N5/c1-4-16-34(17-5-1)49-52-50(35-18-6-2-7-19-35)54-51(53-49)56-46-27-15-13-25-42(46)44-33-37(29-31-48(44)56)40-23-11-10-22-39(40)36-28-30-47-43(32-36)41-24-12-14-26-45(41)55(47)38-20-8-3-9-21-38/h1-33H. The molecule has 3 heterocycles. The summed E-state index contributed by atoms with van der Waals surface area (Å²) in [6.45, 7) is 0. The zero-order valence-corrected chi connectivity index (χ0v) is 30.3. The molecule has 0 saturated heterocycles. The van der Waals surface area contributed by atoms with Gasteiger partial charge in [0.2, 0.25) is 5.95 Å². The number of aromatic nitrogens is 5. The highest BCUT2D eigenvalue weighted by molar-refractivity contribution is 6.12. The highest BCUT2D eigenvalue weighted by atomic mass is 15.2.